The maximum Gasteiger partial charge on any atom is 0.162 e. The average molecular weight is 423 g/mol. The molecular weight excluding hydrogens is 400 g/mol. The van der Waals surface area contributed by atoms with Crippen LogP contribution in [0.3, 0.4) is 0 Å². The first-order valence-electron chi connectivity index (χ1n) is 10.0. The lowest BCUT2D eigenvalue weighted by Crippen LogP contribution is -2.11. The molecule has 0 aliphatic carbocycles. The number of ketones is 1. The van der Waals surface area contributed by atoms with E-state index < -0.39 is 6.04 Å². The van der Waals surface area contributed by atoms with Gasteiger partial charge >= 0.3 is 0 Å². The van der Waals surface area contributed by atoms with Gasteiger partial charge in [0.15, 0.2) is 5.82 Å². The Bertz CT molecular complexity index is 1120. The van der Waals surface area contributed by atoms with E-state index in [4.69, 9.17) is 16.6 Å². The first-order chi connectivity index (χ1) is 14.5. The summed E-state index contributed by atoms with van der Waals surface area (Å²) in [4.78, 5) is 17.5. The highest BCUT2D eigenvalue weighted by Gasteiger charge is 2.29. The number of nitrogens with zero attached hydrogens (tertiary/aromatic N) is 4. The summed E-state index contributed by atoms with van der Waals surface area (Å²) in [5.74, 6) is 1.53. The van der Waals surface area contributed by atoms with Crippen LogP contribution in [0.15, 0.2) is 47.5 Å². The number of carbonyl (C=O) groups is 1. The predicted octanol–water partition coefficient (Wildman–Crippen LogP) is 4.37. The first kappa shape index (κ1) is 20.4. The molecule has 0 bridgehead atoms. The smallest absolute Gasteiger partial charge is 0.162 e. The van der Waals surface area contributed by atoms with Crippen LogP contribution in [-0.2, 0) is 11.4 Å². The summed E-state index contributed by atoms with van der Waals surface area (Å²) in [6.07, 6.45) is 1.58. The van der Waals surface area contributed by atoms with E-state index in [9.17, 15) is 9.90 Å². The van der Waals surface area contributed by atoms with Gasteiger partial charge in [0, 0.05) is 29.0 Å². The third-order valence-corrected chi connectivity index (χ3v) is 5.49. The molecule has 30 heavy (non-hydrogen) atoms. The van der Waals surface area contributed by atoms with E-state index in [1.165, 1.54) is 0 Å². The van der Waals surface area contributed by atoms with Crippen molar-refractivity contribution < 1.29 is 9.90 Å². The average Bonchev–Trinajstić information content (AvgIpc) is 3.06. The third-order valence-electron chi connectivity index (χ3n) is 5.24. The molecular formula is C23H23ClN4O2. The molecule has 0 saturated carbocycles. The number of rotatable bonds is 6. The lowest BCUT2D eigenvalue weighted by atomic mass is 9.98. The molecule has 1 aliphatic rings. The Balaban J connectivity index is 1.96. The van der Waals surface area contributed by atoms with Crippen molar-refractivity contribution in [3.05, 3.63) is 75.8 Å². The molecule has 1 aliphatic heterocycles. The van der Waals surface area contributed by atoms with Crippen molar-refractivity contribution in [2.24, 2.45) is 4.99 Å². The molecule has 0 unspecified atom stereocenters. The molecule has 3 aromatic rings. The highest BCUT2D eigenvalue weighted by Crippen LogP contribution is 2.33. The van der Waals surface area contributed by atoms with Gasteiger partial charge < -0.3 is 5.11 Å². The van der Waals surface area contributed by atoms with E-state index in [0.29, 0.717) is 17.3 Å². The van der Waals surface area contributed by atoms with E-state index in [1.807, 2.05) is 60.9 Å². The molecule has 6 nitrogen and oxygen atoms in total. The number of halogens is 1. The molecule has 0 saturated heterocycles. The zero-order valence-electron chi connectivity index (χ0n) is 17.0. The summed E-state index contributed by atoms with van der Waals surface area (Å²) < 4.78 is 1.97. The molecule has 1 atom stereocenters. The number of benzene rings is 2. The van der Waals surface area contributed by atoms with E-state index in [-0.39, 0.29) is 18.8 Å². The van der Waals surface area contributed by atoms with E-state index in [2.05, 4.69) is 10.2 Å². The summed E-state index contributed by atoms with van der Waals surface area (Å²) in [6.45, 7) is 3.80. The second-order valence-corrected chi connectivity index (χ2v) is 7.88. The topological polar surface area (TPSA) is 80.4 Å². The van der Waals surface area contributed by atoms with Gasteiger partial charge in [-0.1, -0.05) is 36.7 Å². The predicted molar refractivity (Wildman–Crippen MR) is 116 cm³/mol. The van der Waals surface area contributed by atoms with Crippen molar-refractivity contribution in [2.45, 2.75) is 45.8 Å². The zero-order valence-corrected chi connectivity index (χ0v) is 17.7. The summed E-state index contributed by atoms with van der Waals surface area (Å²) in [7, 11) is 0. The quantitative estimate of drug-likeness (QED) is 0.639. The molecule has 0 radical (unpaired) electrons. The number of aliphatic imine (C=N–C) groups is 1. The summed E-state index contributed by atoms with van der Waals surface area (Å²) in [5.41, 5.74) is 4.15. The fourth-order valence-electron chi connectivity index (χ4n) is 3.81. The Morgan fingerprint density at radius 1 is 1.17 bits per heavy atom. The molecule has 0 fully saturated rings. The minimum absolute atomic E-state index is 0.0758. The number of aryl methyl sites for hydroxylation is 1. The second-order valence-electron chi connectivity index (χ2n) is 7.44. The number of aliphatic hydroxyl groups is 1. The number of carbonyl (C=O) groups excluding carboxylic acids is 1. The molecule has 4 rings (SSSR count). The Labute approximate surface area is 180 Å². The summed E-state index contributed by atoms with van der Waals surface area (Å²) in [6, 6.07) is 12.8. The van der Waals surface area contributed by atoms with Crippen LogP contribution in [0.25, 0.3) is 5.69 Å². The Morgan fingerprint density at radius 3 is 2.63 bits per heavy atom. The molecule has 0 amide bonds. The highest BCUT2D eigenvalue weighted by molar-refractivity contribution is 6.30. The van der Waals surface area contributed by atoms with Crippen LogP contribution in [0, 0.1) is 6.92 Å². The van der Waals surface area contributed by atoms with Gasteiger partial charge in [-0.25, -0.2) is 0 Å². The molecule has 1 N–H and O–H groups in total. The first-order valence-corrected chi connectivity index (χ1v) is 10.4. The SMILES string of the molecule is CCCC(=O)C[C@@H]1N=C(c2ccc(Cl)cc2)c2cc(CO)ccc2-n2c(C)nnc21. The van der Waals surface area contributed by atoms with Gasteiger partial charge in [-0.2, -0.15) is 0 Å². The number of hydrogen-bond donors (Lipinski definition) is 1. The monoisotopic (exact) mass is 422 g/mol. The number of hydrogen-bond acceptors (Lipinski definition) is 5. The maximum absolute atomic E-state index is 12.5. The van der Waals surface area contributed by atoms with Gasteiger partial charge in [0.25, 0.3) is 0 Å². The highest BCUT2D eigenvalue weighted by atomic mass is 35.5. The van der Waals surface area contributed by atoms with Gasteiger partial charge in [0.05, 0.1) is 18.0 Å². The van der Waals surface area contributed by atoms with Crippen LogP contribution >= 0.6 is 11.6 Å². The van der Waals surface area contributed by atoms with Crippen LogP contribution in [0.5, 0.6) is 0 Å². The minimum Gasteiger partial charge on any atom is -0.392 e. The van der Waals surface area contributed by atoms with Gasteiger partial charge in [0.2, 0.25) is 0 Å². The lowest BCUT2D eigenvalue weighted by molar-refractivity contribution is -0.119. The summed E-state index contributed by atoms with van der Waals surface area (Å²) in [5, 5.41) is 19.0. The number of Topliss-reactive ketones (excluding diaryl/α,β-unsaturated/α-hetero) is 1. The number of aromatic nitrogens is 3. The number of aliphatic hydroxyl groups excluding tert-OH is 1. The largest absolute Gasteiger partial charge is 0.392 e. The van der Waals surface area contributed by atoms with Crippen molar-refractivity contribution in [1.29, 1.82) is 0 Å². The standard InChI is InChI=1S/C23H23ClN4O2/c1-3-4-18(30)12-20-23-27-26-14(2)28(23)21-10-5-15(13-29)11-19(21)22(25-20)16-6-8-17(24)9-7-16/h5-11,20,29H,3-4,12-13H2,1-2H3/t20-/m0/s1. The molecule has 1 aromatic heterocycles. The Morgan fingerprint density at radius 2 is 1.93 bits per heavy atom. The van der Waals surface area contributed by atoms with Crippen LogP contribution in [0.4, 0.5) is 0 Å². The second kappa shape index (κ2) is 8.50. The number of fused-ring (bicyclic) bond motifs is 3. The van der Waals surface area contributed by atoms with Gasteiger partial charge in [-0.15, -0.1) is 10.2 Å². The molecule has 0 spiro atoms. The fourth-order valence-corrected chi connectivity index (χ4v) is 3.94. The Kier molecular flexibility index (Phi) is 5.79. The van der Waals surface area contributed by atoms with Gasteiger partial charge in [0.1, 0.15) is 17.6 Å². The van der Waals surface area contributed by atoms with Gasteiger partial charge in [-0.05, 0) is 43.2 Å². The zero-order chi connectivity index (χ0) is 21.3. The van der Waals surface area contributed by atoms with Gasteiger partial charge in [-0.3, -0.25) is 14.4 Å². The lowest BCUT2D eigenvalue weighted by Gasteiger charge is -2.14. The van der Waals surface area contributed by atoms with Crippen molar-refractivity contribution >= 4 is 23.1 Å². The maximum atomic E-state index is 12.5. The third kappa shape index (κ3) is 3.80. The normalized spacial score (nSPS) is 15.2. The van der Waals surface area contributed by atoms with E-state index >= 15 is 0 Å². The van der Waals surface area contributed by atoms with Crippen molar-refractivity contribution in [3.63, 3.8) is 0 Å². The van der Waals surface area contributed by atoms with Crippen molar-refractivity contribution in [1.82, 2.24) is 14.8 Å². The molecule has 7 heteroatoms. The van der Waals surface area contributed by atoms with Crippen molar-refractivity contribution in [2.75, 3.05) is 0 Å². The fraction of sp³-hybridized carbons (Fsp3) is 0.304. The van der Waals surface area contributed by atoms with E-state index in [1.54, 1.807) is 0 Å². The minimum atomic E-state index is -0.444. The Hall–Kier alpha value is -2.83. The molecule has 2 heterocycles. The summed E-state index contributed by atoms with van der Waals surface area (Å²) >= 11 is 6.10. The molecule has 154 valence electrons. The van der Waals surface area contributed by atoms with Crippen LogP contribution in [-0.4, -0.2) is 31.4 Å². The van der Waals surface area contributed by atoms with Crippen molar-refractivity contribution in [3.8, 4) is 5.69 Å². The van der Waals surface area contributed by atoms with E-state index in [0.717, 1.165) is 40.3 Å². The molecule has 2 aromatic carbocycles. The van der Waals surface area contributed by atoms with Crippen LogP contribution < -0.4 is 0 Å². The van der Waals surface area contributed by atoms with Crippen LogP contribution in [0.1, 0.15) is 60.6 Å². The van der Waals surface area contributed by atoms with Crippen LogP contribution in [0.2, 0.25) is 5.02 Å².